The van der Waals surface area contributed by atoms with Crippen molar-refractivity contribution in [3.05, 3.63) is 72.3 Å². The molecule has 162 valence electrons. The molecule has 1 fully saturated rings. The first kappa shape index (κ1) is 21.1. The third-order valence-corrected chi connectivity index (χ3v) is 6.85. The number of nitrogens with zero attached hydrogens (tertiary/aromatic N) is 1. The van der Waals surface area contributed by atoms with Gasteiger partial charge in [0.05, 0.1) is 11.4 Å². The lowest BCUT2D eigenvalue weighted by Gasteiger charge is -2.25. The minimum Gasteiger partial charge on any atom is -0.399 e. The van der Waals surface area contributed by atoms with Gasteiger partial charge in [-0.1, -0.05) is 55.3 Å². The minimum atomic E-state index is -3.97. The highest BCUT2D eigenvalue weighted by atomic mass is 32.2. The van der Waals surface area contributed by atoms with E-state index < -0.39 is 16.1 Å². The van der Waals surface area contributed by atoms with Crippen LogP contribution < -0.4 is 15.9 Å². The molecular weight excluding hydrogens is 412 g/mol. The highest BCUT2D eigenvalue weighted by molar-refractivity contribution is 7.89. The maximum atomic E-state index is 13.1. The summed E-state index contributed by atoms with van der Waals surface area (Å²) < 4.78 is 26.2. The second-order valence-corrected chi connectivity index (χ2v) is 9.52. The van der Waals surface area contributed by atoms with Crippen molar-refractivity contribution in [3.8, 4) is 0 Å². The topological polar surface area (TPSA) is 105 Å². The van der Waals surface area contributed by atoms with Crippen LogP contribution in [0.1, 0.15) is 31.2 Å². The number of urea groups is 1. The average Bonchev–Trinajstić information content (AvgIpc) is 3.27. The van der Waals surface area contributed by atoms with E-state index in [2.05, 4.69) is 10.1 Å². The molecule has 7 nitrogen and oxygen atoms in total. The van der Waals surface area contributed by atoms with Gasteiger partial charge in [0.15, 0.2) is 0 Å². The van der Waals surface area contributed by atoms with E-state index in [4.69, 9.17) is 5.73 Å². The van der Waals surface area contributed by atoms with Gasteiger partial charge in [0.1, 0.15) is 0 Å². The lowest BCUT2D eigenvalue weighted by molar-refractivity contribution is 0.181. The Labute approximate surface area is 182 Å². The van der Waals surface area contributed by atoms with Crippen LogP contribution in [0.3, 0.4) is 0 Å². The summed E-state index contributed by atoms with van der Waals surface area (Å²) in [6.07, 6.45) is 3.93. The number of sulfonamides is 1. The molecule has 0 bridgehead atoms. The Morgan fingerprint density at radius 2 is 1.65 bits per heavy atom. The fraction of sp³-hybridized carbons (Fsp3) is 0.261. The van der Waals surface area contributed by atoms with Crippen LogP contribution in [0.5, 0.6) is 0 Å². The number of nitrogens with two attached hydrogens (primary N) is 1. The maximum absolute atomic E-state index is 13.1. The predicted molar refractivity (Wildman–Crippen MR) is 121 cm³/mol. The normalized spacial score (nSPS) is 14.6. The molecule has 4 rings (SSSR count). The van der Waals surface area contributed by atoms with Crippen LogP contribution >= 0.6 is 0 Å². The first-order valence-corrected chi connectivity index (χ1v) is 11.8. The Morgan fingerprint density at radius 3 is 2.35 bits per heavy atom. The molecule has 31 heavy (non-hydrogen) atoms. The van der Waals surface area contributed by atoms with Crippen molar-refractivity contribution in [2.24, 2.45) is 0 Å². The van der Waals surface area contributed by atoms with Gasteiger partial charge in [-0.3, -0.25) is 0 Å². The van der Waals surface area contributed by atoms with Crippen LogP contribution in [-0.2, 0) is 16.6 Å². The van der Waals surface area contributed by atoms with Crippen molar-refractivity contribution in [1.82, 2.24) is 15.2 Å². The van der Waals surface area contributed by atoms with Gasteiger partial charge >= 0.3 is 6.03 Å². The third-order valence-electron chi connectivity index (χ3n) is 5.51. The summed E-state index contributed by atoms with van der Waals surface area (Å²) in [4.78, 5) is 15.5. The van der Waals surface area contributed by atoms with Crippen LogP contribution in [0.4, 0.5) is 10.5 Å². The van der Waals surface area contributed by atoms with E-state index in [1.165, 1.54) is 0 Å². The van der Waals surface area contributed by atoms with Crippen LogP contribution in [-0.4, -0.2) is 25.5 Å². The van der Waals surface area contributed by atoms with Crippen molar-refractivity contribution in [2.45, 2.75) is 43.2 Å². The molecule has 1 aliphatic carbocycles. The molecule has 2 amide bonds. The molecule has 0 atom stereocenters. The molecule has 8 heteroatoms. The van der Waals surface area contributed by atoms with Gasteiger partial charge < -0.3 is 11.1 Å². The fourth-order valence-electron chi connectivity index (χ4n) is 3.81. The average molecular weight is 439 g/mol. The molecule has 0 saturated heterocycles. The van der Waals surface area contributed by atoms with E-state index in [9.17, 15) is 13.2 Å². The van der Waals surface area contributed by atoms with Crippen molar-refractivity contribution in [3.63, 3.8) is 0 Å². The monoisotopic (exact) mass is 438 g/mol. The SMILES string of the molecule is Nc1ccc(CN(NS(=O)(=O)c2ccc3ccccc3c2)C(=O)NC2CCCC2)cc1. The van der Waals surface area contributed by atoms with Crippen molar-refractivity contribution >= 4 is 32.5 Å². The van der Waals surface area contributed by atoms with Gasteiger partial charge in [0.25, 0.3) is 10.0 Å². The first-order valence-electron chi connectivity index (χ1n) is 10.3. The number of hydrogen-bond acceptors (Lipinski definition) is 4. The summed E-state index contributed by atoms with van der Waals surface area (Å²) in [5.41, 5.74) is 7.11. The van der Waals surface area contributed by atoms with E-state index >= 15 is 0 Å². The predicted octanol–water partition coefficient (Wildman–Crippen LogP) is 3.77. The van der Waals surface area contributed by atoms with Crippen molar-refractivity contribution in [1.29, 1.82) is 0 Å². The van der Waals surface area contributed by atoms with Gasteiger partial charge in [0, 0.05) is 11.7 Å². The molecule has 1 aliphatic rings. The van der Waals surface area contributed by atoms with Crippen LogP contribution in [0, 0.1) is 0 Å². The molecule has 3 aromatic carbocycles. The lowest BCUT2D eigenvalue weighted by Crippen LogP contribution is -2.51. The number of anilines is 1. The highest BCUT2D eigenvalue weighted by Crippen LogP contribution is 2.21. The van der Waals surface area contributed by atoms with Gasteiger partial charge in [0.2, 0.25) is 0 Å². The summed E-state index contributed by atoms with van der Waals surface area (Å²) in [7, 11) is -3.97. The van der Waals surface area contributed by atoms with Crippen molar-refractivity contribution < 1.29 is 13.2 Å². The number of fused-ring (bicyclic) bond motifs is 1. The number of amides is 2. The second kappa shape index (κ2) is 8.95. The van der Waals surface area contributed by atoms with Crippen LogP contribution in [0.15, 0.2) is 71.6 Å². The molecule has 0 aromatic heterocycles. The number of carbonyl (C=O) groups excluding carboxylic acids is 1. The number of hydrogen-bond donors (Lipinski definition) is 3. The Balaban J connectivity index is 1.59. The summed E-state index contributed by atoms with van der Waals surface area (Å²) in [5, 5.41) is 5.82. The van der Waals surface area contributed by atoms with E-state index in [0.29, 0.717) is 5.69 Å². The molecule has 1 saturated carbocycles. The first-order chi connectivity index (χ1) is 14.9. The molecule has 0 aliphatic heterocycles. The van der Waals surface area contributed by atoms with Gasteiger partial charge in [-0.15, -0.1) is 4.83 Å². The summed E-state index contributed by atoms with van der Waals surface area (Å²) >= 11 is 0. The summed E-state index contributed by atoms with van der Waals surface area (Å²) in [6, 6.07) is 19.0. The summed E-state index contributed by atoms with van der Waals surface area (Å²) in [5.74, 6) is 0. The number of nitrogens with one attached hydrogen (secondary N) is 2. The molecule has 0 unspecified atom stereocenters. The smallest absolute Gasteiger partial charge is 0.333 e. The highest BCUT2D eigenvalue weighted by Gasteiger charge is 2.26. The van der Waals surface area contributed by atoms with E-state index in [1.807, 2.05) is 24.3 Å². The van der Waals surface area contributed by atoms with E-state index in [-0.39, 0.29) is 17.5 Å². The molecular formula is C23H26N4O3S. The zero-order valence-corrected chi connectivity index (χ0v) is 17.9. The van der Waals surface area contributed by atoms with Gasteiger partial charge in [-0.05, 0) is 53.4 Å². The third kappa shape index (κ3) is 5.15. The Hall–Kier alpha value is -3.10. The zero-order chi connectivity index (χ0) is 21.8. The molecule has 0 radical (unpaired) electrons. The van der Waals surface area contributed by atoms with E-state index in [1.54, 1.807) is 42.5 Å². The Kier molecular flexibility index (Phi) is 6.11. The molecule has 0 spiro atoms. The number of nitrogen functional groups attached to an aromatic ring is 1. The summed E-state index contributed by atoms with van der Waals surface area (Å²) in [6.45, 7) is 0.0750. The maximum Gasteiger partial charge on any atom is 0.333 e. The zero-order valence-electron chi connectivity index (χ0n) is 17.1. The lowest BCUT2D eigenvalue weighted by atomic mass is 10.1. The number of carbonyl (C=O) groups is 1. The van der Waals surface area contributed by atoms with Gasteiger partial charge in [-0.25, -0.2) is 18.2 Å². The number of rotatable bonds is 6. The van der Waals surface area contributed by atoms with Crippen LogP contribution in [0.2, 0.25) is 0 Å². The van der Waals surface area contributed by atoms with Crippen LogP contribution in [0.25, 0.3) is 10.8 Å². The largest absolute Gasteiger partial charge is 0.399 e. The standard InChI is InChI=1S/C23H26N4O3S/c24-20-12-9-17(10-13-20)16-27(23(28)25-21-7-3-4-8-21)26-31(29,30)22-14-11-18-5-1-2-6-19(18)15-22/h1-2,5-6,9-15,21,26H,3-4,7-8,16,24H2,(H,25,28). The Bertz CT molecular complexity index is 1170. The second-order valence-electron chi connectivity index (χ2n) is 7.86. The molecule has 3 aromatic rings. The fourth-order valence-corrected chi connectivity index (χ4v) is 4.88. The number of benzene rings is 3. The molecule has 4 N–H and O–H groups in total. The Morgan fingerprint density at radius 1 is 0.968 bits per heavy atom. The number of hydrazine groups is 1. The van der Waals surface area contributed by atoms with Gasteiger partial charge in [-0.2, -0.15) is 0 Å². The van der Waals surface area contributed by atoms with Crippen molar-refractivity contribution in [2.75, 3.05) is 5.73 Å². The van der Waals surface area contributed by atoms with E-state index in [0.717, 1.165) is 47.0 Å². The minimum absolute atomic E-state index is 0.0617. The molecule has 0 heterocycles. The quantitative estimate of drug-likeness (QED) is 0.402.